The van der Waals surface area contributed by atoms with Crippen LogP contribution in [0.5, 0.6) is 0 Å². The summed E-state index contributed by atoms with van der Waals surface area (Å²) in [6.07, 6.45) is -0.603. The molecule has 3 amide bonds. The Morgan fingerprint density at radius 2 is 1.80 bits per heavy atom. The van der Waals surface area contributed by atoms with Crippen molar-refractivity contribution in [1.29, 1.82) is 0 Å². The first kappa shape index (κ1) is 26.0. The highest BCUT2D eigenvalue weighted by Gasteiger charge is 2.21. The highest BCUT2D eigenvalue weighted by Crippen LogP contribution is 2.05. The van der Waals surface area contributed by atoms with E-state index in [1.54, 1.807) is 6.92 Å². The van der Waals surface area contributed by atoms with Crippen LogP contribution in [0.25, 0.3) is 0 Å². The summed E-state index contributed by atoms with van der Waals surface area (Å²) in [5.41, 5.74) is 6.96. The van der Waals surface area contributed by atoms with E-state index in [-0.39, 0.29) is 42.6 Å². The molecule has 0 aromatic heterocycles. The Bertz CT molecular complexity index is 662. The second kappa shape index (κ2) is 14.9. The zero-order valence-corrected chi connectivity index (χ0v) is 19.0. The molecule has 30 heavy (non-hydrogen) atoms. The standard InChI is InChI=1S/C20H32BrN5O4/c1-3-23-20(29)16(11-15-7-5-4-6-8-15)26-14(2)30-17(22)13-25-18(27)9-10-24-19(28)12-21/h4-8,14,16-17,26H,3,9-13,22H2,1-2H3,(H,23,29)(H,24,28)(H,25,27). The summed E-state index contributed by atoms with van der Waals surface area (Å²) in [6.45, 7) is 4.51. The van der Waals surface area contributed by atoms with Gasteiger partial charge in [-0.3, -0.25) is 19.7 Å². The van der Waals surface area contributed by atoms with Crippen molar-refractivity contribution in [1.82, 2.24) is 21.3 Å². The zero-order chi connectivity index (χ0) is 22.4. The van der Waals surface area contributed by atoms with Crippen molar-refractivity contribution >= 4 is 33.7 Å². The molecule has 6 N–H and O–H groups in total. The normalized spacial score (nSPS) is 13.7. The molecule has 0 aliphatic heterocycles. The fourth-order valence-electron chi connectivity index (χ4n) is 2.67. The van der Waals surface area contributed by atoms with Gasteiger partial charge in [-0.05, 0) is 25.8 Å². The molecule has 0 aliphatic carbocycles. The average molecular weight is 486 g/mol. The summed E-state index contributed by atoms with van der Waals surface area (Å²) >= 11 is 3.03. The maximum Gasteiger partial charge on any atom is 0.237 e. The van der Waals surface area contributed by atoms with Gasteiger partial charge in [-0.15, -0.1) is 0 Å². The van der Waals surface area contributed by atoms with Crippen molar-refractivity contribution < 1.29 is 19.1 Å². The number of carbonyl (C=O) groups is 3. The number of hydrogen-bond donors (Lipinski definition) is 5. The Hall–Kier alpha value is -2.01. The van der Waals surface area contributed by atoms with E-state index in [4.69, 9.17) is 10.5 Å². The summed E-state index contributed by atoms with van der Waals surface area (Å²) in [7, 11) is 0. The lowest BCUT2D eigenvalue weighted by atomic mass is 10.1. The van der Waals surface area contributed by atoms with Gasteiger partial charge in [0.05, 0.1) is 17.9 Å². The number of nitrogens with one attached hydrogen (secondary N) is 4. The lowest BCUT2D eigenvalue weighted by molar-refractivity contribution is -0.125. The second-order valence-corrected chi connectivity index (χ2v) is 7.22. The molecule has 168 valence electrons. The van der Waals surface area contributed by atoms with Crippen molar-refractivity contribution in [2.45, 2.75) is 45.2 Å². The van der Waals surface area contributed by atoms with Crippen LogP contribution in [0, 0.1) is 0 Å². The summed E-state index contributed by atoms with van der Waals surface area (Å²) < 4.78 is 5.65. The lowest BCUT2D eigenvalue weighted by Crippen LogP contribution is -2.52. The van der Waals surface area contributed by atoms with E-state index in [1.807, 2.05) is 37.3 Å². The Kier molecular flexibility index (Phi) is 12.9. The summed E-state index contributed by atoms with van der Waals surface area (Å²) in [6, 6.07) is 9.21. The fraction of sp³-hybridized carbons (Fsp3) is 0.550. The molecular weight excluding hydrogens is 454 g/mol. The third-order valence-electron chi connectivity index (χ3n) is 4.06. The van der Waals surface area contributed by atoms with Crippen LogP contribution in [0.2, 0.25) is 0 Å². The lowest BCUT2D eigenvalue weighted by Gasteiger charge is -2.25. The number of amides is 3. The third kappa shape index (κ3) is 11.2. The van der Waals surface area contributed by atoms with E-state index in [2.05, 4.69) is 37.2 Å². The molecular formula is C20H32BrN5O4. The minimum Gasteiger partial charge on any atom is -0.355 e. The van der Waals surface area contributed by atoms with E-state index in [0.717, 1.165) is 5.56 Å². The van der Waals surface area contributed by atoms with Gasteiger partial charge in [-0.25, -0.2) is 0 Å². The van der Waals surface area contributed by atoms with Gasteiger partial charge >= 0.3 is 0 Å². The van der Waals surface area contributed by atoms with E-state index in [1.165, 1.54) is 0 Å². The van der Waals surface area contributed by atoms with Gasteiger partial charge < -0.3 is 26.4 Å². The number of nitrogens with two attached hydrogens (primary N) is 1. The van der Waals surface area contributed by atoms with Crippen molar-refractivity contribution in [3.8, 4) is 0 Å². The Labute approximate surface area is 186 Å². The highest BCUT2D eigenvalue weighted by molar-refractivity contribution is 9.09. The van der Waals surface area contributed by atoms with E-state index < -0.39 is 18.5 Å². The number of alkyl halides is 1. The van der Waals surface area contributed by atoms with E-state index in [9.17, 15) is 14.4 Å². The van der Waals surface area contributed by atoms with Gasteiger partial charge in [0, 0.05) is 19.5 Å². The monoisotopic (exact) mass is 485 g/mol. The SMILES string of the molecule is CCNC(=O)C(Cc1ccccc1)NC(C)OC(N)CNC(=O)CCNC(=O)CBr. The third-order valence-corrected chi connectivity index (χ3v) is 4.57. The van der Waals surface area contributed by atoms with Gasteiger partial charge in [-0.2, -0.15) is 0 Å². The largest absolute Gasteiger partial charge is 0.355 e. The Morgan fingerprint density at radius 3 is 2.43 bits per heavy atom. The van der Waals surface area contributed by atoms with Crippen molar-refractivity contribution in [2.24, 2.45) is 5.73 Å². The van der Waals surface area contributed by atoms with Gasteiger partial charge in [0.25, 0.3) is 0 Å². The molecule has 0 radical (unpaired) electrons. The molecule has 10 heteroatoms. The molecule has 9 nitrogen and oxygen atoms in total. The Balaban J connectivity index is 2.43. The van der Waals surface area contributed by atoms with Crippen molar-refractivity contribution in [3.05, 3.63) is 35.9 Å². The van der Waals surface area contributed by atoms with Crippen LogP contribution < -0.4 is 27.0 Å². The van der Waals surface area contributed by atoms with E-state index >= 15 is 0 Å². The first-order chi connectivity index (χ1) is 14.3. The van der Waals surface area contributed by atoms with Crippen molar-refractivity contribution in [2.75, 3.05) is 25.0 Å². The van der Waals surface area contributed by atoms with Crippen LogP contribution in [-0.4, -0.2) is 61.2 Å². The van der Waals surface area contributed by atoms with Crippen molar-refractivity contribution in [3.63, 3.8) is 0 Å². The van der Waals surface area contributed by atoms with Gasteiger partial charge in [0.1, 0.15) is 12.5 Å². The predicted molar refractivity (Wildman–Crippen MR) is 119 cm³/mol. The number of ether oxygens (including phenoxy) is 1. The molecule has 0 heterocycles. The summed E-state index contributed by atoms with van der Waals surface area (Å²) in [5.74, 6) is -0.544. The smallest absolute Gasteiger partial charge is 0.237 e. The molecule has 0 bridgehead atoms. The van der Waals surface area contributed by atoms with Crippen LogP contribution in [0.1, 0.15) is 25.8 Å². The quantitative estimate of drug-likeness (QED) is 0.186. The molecule has 0 saturated carbocycles. The molecule has 0 saturated heterocycles. The molecule has 1 aromatic carbocycles. The number of likely N-dealkylation sites (N-methyl/N-ethyl adjacent to an activating group) is 1. The Morgan fingerprint density at radius 1 is 1.10 bits per heavy atom. The number of carbonyl (C=O) groups excluding carboxylic acids is 3. The first-order valence-corrected chi connectivity index (χ1v) is 11.1. The minimum atomic E-state index is -0.750. The number of halogens is 1. The molecule has 1 rings (SSSR count). The van der Waals surface area contributed by atoms with Crippen LogP contribution >= 0.6 is 15.9 Å². The summed E-state index contributed by atoms with van der Waals surface area (Å²) in [5, 5.41) is 11.4. The maximum absolute atomic E-state index is 12.4. The maximum atomic E-state index is 12.4. The summed E-state index contributed by atoms with van der Waals surface area (Å²) in [4.78, 5) is 35.3. The molecule has 3 unspecified atom stereocenters. The molecule has 1 aromatic rings. The second-order valence-electron chi connectivity index (χ2n) is 6.66. The van der Waals surface area contributed by atoms with Crippen LogP contribution in [0.15, 0.2) is 30.3 Å². The molecule has 0 fully saturated rings. The molecule has 3 atom stereocenters. The zero-order valence-electron chi connectivity index (χ0n) is 17.4. The predicted octanol–water partition coefficient (Wildman–Crippen LogP) is -0.0118. The fourth-order valence-corrected chi connectivity index (χ4v) is 2.87. The molecule has 0 spiro atoms. The average Bonchev–Trinajstić information content (AvgIpc) is 2.72. The first-order valence-electron chi connectivity index (χ1n) is 9.93. The topological polar surface area (TPSA) is 135 Å². The number of rotatable bonds is 14. The van der Waals surface area contributed by atoms with Gasteiger partial charge in [0.2, 0.25) is 17.7 Å². The number of hydrogen-bond acceptors (Lipinski definition) is 6. The van der Waals surface area contributed by atoms with Gasteiger partial charge in [0.15, 0.2) is 0 Å². The van der Waals surface area contributed by atoms with E-state index in [0.29, 0.717) is 13.0 Å². The highest BCUT2D eigenvalue weighted by atomic mass is 79.9. The number of benzene rings is 1. The van der Waals surface area contributed by atoms with Crippen LogP contribution in [0.3, 0.4) is 0 Å². The minimum absolute atomic E-state index is 0.113. The van der Waals surface area contributed by atoms with Crippen LogP contribution in [0.4, 0.5) is 0 Å². The molecule has 0 aliphatic rings. The van der Waals surface area contributed by atoms with Crippen LogP contribution in [-0.2, 0) is 25.5 Å². The van der Waals surface area contributed by atoms with Gasteiger partial charge in [-0.1, -0.05) is 46.3 Å².